The monoisotopic (exact) mass is 722 g/mol. The fourth-order valence-corrected chi connectivity index (χ4v) is 4.16. The van der Waals surface area contributed by atoms with Crippen molar-refractivity contribution in [1.82, 2.24) is 15.5 Å². The molecule has 0 aromatic rings. The summed E-state index contributed by atoms with van der Waals surface area (Å²) in [6.45, 7) is 21.2. The molecule has 0 aliphatic carbocycles. The molecule has 0 rings (SSSR count). The Morgan fingerprint density at radius 1 is 0.440 bits per heavy atom. The van der Waals surface area contributed by atoms with Crippen LogP contribution < -0.4 is 10.6 Å². The van der Waals surface area contributed by atoms with Crippen molar-refractivity contribution in [3.8, 4) is 0 Å². The van der Waals surface area contributed by atoms with Gasteiger partial charge < -0.3 is 53.4 Å². The Hall–Kier alpha value is -1.91. The Morgan fingerprint density at radius 2 is 0.780 bits per heavy atom. The molecule has 0 fully saturated rings. The number of hydrogen-bond acceptors (Lipinski definition) is 11. The maximum absolute atomic E-state index is 12.9. The third-order valence-electron chi connectivity index (χ3n) is 6.85. The van der Waals surface area contributed by atoms with Crippen LogP contribution in [-0.4, -0.2) is 155 Å². The van der Waals surface area contributed by atoms with E-state index >= 15 is 0 Å². The number of ether oxygens (including phenoxy) is 8. The average molecular weight is 722 g/mol. The molecule has 14 heteroatoms. The van der Waals surface area contributed by atoms with Crippen LogP contribution in [0, 0.1) is 17.8 Å². The van der Waals surface area contributed by atoms with Gasteiger partial charge in [-0.1, -0.05) is 41.5 Å². The van der Waals surface area contributed by atoms with Crippen molar-refractivity contribution in [2.75, 3.05) is 132 Å². The molecular formula is C36H71N3O11. The van der Waals surface area contributed by atoms with Gasteiger partial charge in [0.1, 0.15) is 0 Å². The van der Waals surface area contributed by atoms with Crippen LogP contribution >= 0.6 is 0 Å². The highest BCUT2D eigenvalue weighted by molar-refractivity contribution is 5.76. The van der Waals surface area contributed by atoms with Crippen LogP contribution in [0.4, 0.5) is 0 Å². The lowest BCUT2D eigenvalue weighted by Crippen LogP contribution is -2.37. The summed E-state index contributed by atoms with van der Waals surface area (Å²) in [6.07, 6.45) is 2.31. The van der Waals surface area contributed by atoms with Gasteiger partial charge in [-0.2, -0.15) is 0 Å². The van der Waals surface area contributed by atoms with Crippen molar-refractivity contribution in [2.24, 2.45) is 17.8 Å². The highest BCUT2D eigenvalue weighted by Gasteiger charge is 2.13. The Labute approximate surface area is 302 Å². The number of amides is 3. The van der Waals surface area contributed by atoms with Crippen molar-refractivity contribution in [1.29, 1.82) is 0 Å². The molecule has 2 N–H and O–H groups in total. The van der Waals surface area contributed by atoms with Gasteiger partial charge in [0.15, 0.2) is 0 Å². The molecule has 0 heterocycles. The smallest absolute Gasteiger partial charge is 0.225 e. The van der Waals surface area contributed by atoms with Gasteiger partial charge in [0.25, 0.3) is 0 Å². The second kappa shape index (κ2) is 35.5. The molecule has 0 atom stereocenters. The number of nitrogens with zero attached hydrogens (tertiary/aromatic N) is 1. The first-order valence-electron chi connectivity index (χ1n) is 18.5. The van der Waals surface area contributed by atoms with Gasteiger partial charge in [0.05, 0.1) is 106 Å². The Kier molecular flexibility index (Phi) is 34.1. The number of nitrogens with one attached hydrogen (secondary N) is 2. The number of carbonyl (C=O) groups excluding carboxylic acids is 3. The molecule has 0 aliphatic heterocycles. The molecule has 0 aliphatic rings. The summed E-state index contributed by atoms with van der Waals surface area (Å²) in [5, 5.41) is 5.66. The fraction of sp³-hybridized carbons (Fsp3) is 0.917. The van der Waals surface area contributed by atoms with E-state index in [0.717, 1.165) is 6.42 Å². The van der Waals surface area contributed by atoms with Crippen LogP contribution in [-0.2, 0) is 52.3 Å². The average Bonchev–Trinajstić information content (AvgIpc) is 3.04. The Balaban J connectivity index is 4.12. The molecule has 0 bridgehead atoms. The standard InChI is InChI=1S/C36H71N3O11/c1-31(2)7-13-43-19-20-44-14-8-36(42)39(11-17-47-23-27-49-25-21-45-15-9-37-34(40)29-32(3)4)12-18-48-24-28-50-26-22-46-16-10-38-35(41)30-33(5)6/h31-33H,7-30H2,1-6H3,(H,37,40)(H,38,41). The van der Waals surface area contributed by atoms with Crippen molar-refractivity contribution < 1.29 is 52.3 Å². The van der Waals surface area contributed by atoms with Crippen LogP contribution in [0.25, 0.3) is 0 Å². The maximum atomic E-state index is 12.9. The third-order valence-corrected chi connectivity index (χ3v) is 6.85. The predicted molar refractivity (Wildman–Crippen MR) is 192 cm³/mol. The summed E-state index contributed by atoms with van der Waals surface area (Å²) in [6, 6.07) is 0. The van der Waals surface area contributed by atoms with E-state index in [1.807, 2.05) is 27.7 Å². The SMILES string of the molecule is CC(C)CCOCCOCCC(=O)N(CCOCCOCCOCCNC(=O)CC(C)C)CCOCCOCCOCCNC(=O)CC(C)C. The summed E-state index contributed by atoms with van der Waals surface area (Å²) >= 11 is 0. The molecular weight excluding hydrogens is 650 g/mol. The fourth-order valence-electron chi connectivity index (χ4n) is 4.16. The largest absolute Gasteiger partial charge is 0.379 e. The highest BCUT2D eigenvalue weighted by Crippen LogP contribution is 2.01. The lowest BCUT2D eigenvalue weighted by molar-refractivity contribution is -0.134. The minimum absolute atomic E-state index is 0.0273. The van der Waals surface area contributed by atoms with E-state index in [2.05, 4.69) is 24.5 Å². The quantitative estimate of drug-likeness (QED) is 0.0912. The van der Waals surface area contributed by atoms with E-state index in [0.29, 0.717) is 162 Å². The molecule has 0 unspecified atom stereocenters. The molecule has 0 aromatic carbocycles. The number of carbonyl (C=O) groups is 3. The van der Waals surface area contributed by atoms with E-state index < -0.39 is 0 Å². The Bertz CT molecular complexity index is 757. The molecule has 296 valence electrons. The van der Waals surface area contributed by atoms with Crippen molar-refractivity contribution in [2.45, 2.75) is 67.2 Å². The van der Waals surface area contributed by atoms with Crippen LogP contribution in [0.5, 0.6) is 0 Å². The zero-order chi connectivity index (χ0) is 37.1. The summed E-state index contributed by atoms with van der Waals surface area (Å²) in [4.78, 5) is 37.9. The van der Waals surface area contributed by atoms with E-state index in [1.54, 1.807) is 4.90 Å². The summed E-state index contributed by atoms with van der Waals surface area (Å²) < 4.78 is 44.6. The molecule has 0 spiro atoms. The van der Waals surface area contributed by atoms with Crippen molar-refractivity contribution >= 4 is 17.7 Å². The first kappa shape index (κ1) is 48.1. The predicted octanol–water partition coefficient (Wildman–Crippen LogP) is 2.71. The number of hydrogen-bond donors (Lipinski definition) is 2. The summed E-state index contributed by atoms with van der Waals surface area (Å²) in [5.74, 6) is 1.32. The summed E-state index contributed by atoms with van der Waals surface area (Å²) in [5.41, 5.74) is 0. The van der Waals surface area contributed by atoms with Gasteiger partial charge in [-0.15, -0.1) is 0 Å². The number of rotatable bonds is 37. The van der Waals surface area contributed by atoms with Gasteiger partial charge in [0, 0.05) is 45.6 Å². The van der Waals surface area contributed by atoms with Crippen LogP contribution in [0.15, 0.2) is 0 Å². The molecule has 3 amide bonds. The van der Waals surface area contributed by atoms with Gasteiger partial charge in [0.2, 0.25) is 17.7 Å². The normalized spacial score (nSPS) is 11.5. The lowest BCUT2D eigenvalue weighted by atomic mass is 10.1. The van der Waals surface area contributed by atoms with Gasteiger partial charge in [-0.05, 0) is 24.2 Å². The van der Waals surface area contributed by atoms with E-state index in [4.69, 9.17) is 37.9 Å². The molecule has 0 aromatic heterocycles. The Morgan fingerprint density at radius 3 is 1.16 bits per heavy atom. The highest BCUT2D eigenvalue weighted by atomic mass is 16.6. The first-order chi connectivity index (χ1) is 24.1. The van der Waals surface area contributed by atoms with Crippen molar-refractivity contribution in [3.63, 3.8) is 0 Å². The van der Waals surface area contributed by atoms with Gasteiger partial charge >= 0.3 is 0 Å². The zero-order valence-electron chi connectivity index (χ0n) is 32.1. The second-order valence-corrected chi connectivity index (χ2v) is 13.1. The van der Waals surface area contributed by atoms with Crippen molar-refractivity contribution in [3.05, 3.63) is 0 Å². The maximum Gasteiger partial charge on any atom is 0.225 e. The van der Waals surface area contributed by atoms with E-state index in [9.17, 15) is 14.4 Å². The third kappa shape index (κ3) is 35.9. The van der Waals surface area contributed by atoms with E-state index in [-0.39, 0.29) is 24.1 Å². The molecule has 0 saturated heterocycles. The molecule has 50 heavy (non-hydrogen) atoms. The first-order valence-corrected chi connectivity index (χ1v) is 18.5. The van der Waals surface area contributed by atoms with Crippen LogP contribution in [0.2, 0.25) is 0 Å². The minimum atomic E-state index is -0.0273. The van der Waals surface area contributed by atoms with Gasteiger partial charge in [-0.25, -0.2) is 0 Å². The van der Waals surface area contributed by atoms with Crippen LogP contribution in [0.1, 0.15) is 67.2 Å². The van der Waals surface area contributed by atoms with E-state index in [1.165, 1.54) is 0 Å². The minimum Gasteiger partial charge on any atom is -0.379 e. The van der Waals surface area contributed by atoms with Crippen LogP contribution in [0.3, 0.4) is 0 Å². The lowest BCUT2D eigenvalue weighted by Gasteiger charge is -2.23. The second-order valence-electron chi connectivity index (χ2n) is 13.1. The summed E-state index contributed by atoms with van der Waals surface area (Å²) in [7, 11) is 0. The molecule has 0 radical (unpaired) electrons. The molecule has 14 nitrogen and oxygen atoms in total. The zero-order valence-corrected chi connectivity index (χ0v) is 32.1. The molecule has 0 saturated carbocycles. The topological polar surface area (TPSA) is 152 Å². The van der Waals surface area contributed by atoms with Gasteiger partial charge in [-0.3, -0.25) is 14.4 Å².